The summed E-state index contributed by atoms with van der Waals surface area (Å²) in [6.45, 7) is 8.54. The Morgan fingerprint density at radius 1 is 1.30 bits per heavy atom. The van der Waals surface area contributed by atoms with Gasteiger partial charge in [-0.15, -0.1) is 0 Å². The maximum atomic E-state index is 12.7. The molecule has 2 amide bonds. The van der Waals surface area contributed by atoms with Crippen LogP contribution in [0.1, 0.15) is 39.3 Å². The average Bonchev–Trinajstić information content (AvgIpc) is 2.99. The van der Waals surface area contributed by atoms with Crippen LogP contribution in [-0.4, -0.2) is 45.4 Å². The van der Waals surface area contributed by atoms with E-state index in [0.29, 0.717) is 13.1 Å². The number of amidine groups is 1. The number of aryl methyl sites for hydroxylation is 1. The lowest BCUT2D eigenvalue weighted by molar-refractivity contribution is 0.220. The Kier molecular flexibility index (Phi) is 3.23. The number of amides is 2. The van der Waals surface area contributed by atoms with Crippen LogP contribution in [0, 0.1) is 0 Å². The van der Waals surface area contributed by atoms with Gasteiger partial charge in [-0.2, -0.15) is 0 Å². The van der Waals surface area contributed by atoms with Crippen LogP contribution in [0.3, 0.4) is 0 Å². The van der Waals surface area contributed by atoms with Gasteiger partial charge in [0.2, 0.25) is 0 Å². The van der Waals surface area contributed by atoms with E-state index in [4.69, 9.17) is 0 Å². The van der Waals surface area contributed by atoms with Crippen LogP contribution in [0.25, 0.3) is 0 Å². The summed E-state index contributed by atoms with van der Waals surface area (Å²) in [7, 11) is 0. The summed E-state index contributed by atoms with van der Waals surface area (Å²) >= 11 is 0. The van der Waals surface area contributed by atoms with E-state index in [1.54, 1.807) is 4.90 Å². The highest BCUT2D eigenvalue weighted by molar-refractivity contribution is 6.18. The summed E-state index contributed by atoms with van der Waals surface area (Å²) in [5.41, 5.74) is 1.00. The first-order valence-electron chi connectivity index (χ1n) is 7.39. The Labute approximate surface area is 119 Å². The molecule has 0 saturated heterocycles. The molecule has 3 heterocycles. The second kappa shape index (κ2) is 4.92. The fourth-order valence-corrected chi connectivity index (χ4v) is 2.91. The Hall–Kier alpha value is -1.85. The molecule has 6 nitrogen and oxygen atoms in total. The molecule has 0 radical (unpaired) electrons. The van der Waals surface area contributed by atoms with Crippen molar-refractivity contribution in [1.29, 1.82) is 0 Å². The van der Waals surface area contributed by atoms with Crippen LogP contribution in [-0.2, 0) is 6.54 Å². The molecule has 20 heavy (non-hydrogen) atoms. The van der Waals surface area contributed by atoms with Gasteiger partial charge in [0.1, 0.15) is 5.69 Å². The second-order valence-electron chi connectivity index (χ2n) is 5.43. The number of imidazole rings is 1. The van der Waals surface area contributed by atoms with Gasteiger partial charge in [-0.05, 0) is 19.8 Å². The third kappa shape index (κ3) is 1.74. The molecule has 1 aromatic heterocycles. The van der Waals surface area contributed by atoms with E-state index in [0.717, 1.165) is 36.7 Å². The van der Waals surface area contributed by atoms with E-state index in [1.807, 2.05) is 18.2 Å². The highest BCUT2D eigenvalue weighted by Gasteiger charge is 2.42. The third-order valence-corrected chi connectivity index (χ3v) is 3.81. The Balaban J connectivity index is 2.11. The number of carbonyl (C=O) groups is 1. The number of nitrogens with zero attached hydrogens (tertiary/aromatic N) is 5. The van der Waals surface area contributed by atoms with Crippen molar-refractivity contribution in [3.05, 3.63) is 12.0 Å². The molecule has 0 aliphatic carbocycles. The molecule has 3 rings (SSSR count). The summed E-state index contributed by atoms with van der Waals surface area (Å²) in [5, 5.41) is 0. The van der Waals surface area contributed by atoms with Crippen LogP contribution in [0.5, 0.6) is 0 Å². The fraction of sp³-hybridized carbons (Fsp3) is 0.643. The van der Waals surface area contributed by atoms with Crippen molar-refractivity contribution in [2.75, 3.05) is 18.0 Å². The quantitative estimate of drug-likeness (QED) is 0.845. The van der Waals surface area contributed by atoms with Crippen molar-refractivity contribution in [2.45, 2.75) is 46.2 Å². The number of rotatable bonds is 4. The highest BCUT2D eigenvalue weighted by Crippen LogP contribution is 2.32. The second-order valence-corrected chi connectivity index (χ2v) is 5.43. The first-order chi connectivity index (χ1) is 9.69. The lowest BCUT2D eigenvalue weighted by Gasteiger charge is -2.35. The topological polar surface area (TPSA) is 53.7 Å². The Morgan fingerprint density at radius 3 is 2.75 bits per heavy atom. The minimum absolute atomic E-state index is 0.0184. The zero-order chi connectivity index (χ0) is 14.3. The van der Waals surface area contributed by atoms with E-state index in [2.05, 4.69) is 28.4 Å². The number of aliphatic imine (C=N–C) groups is 1. The van der Waals surface area contributed by atoms with E-state index in [1.165, 1.54) is 0 Å². The number of hydrogen-bond donors (Lipinski definition) is 0. The fourth-order valence-electron chi connectivity index (χ4n) is 2.91. The smallest absolute Gasteiger partial charge is 0.326 e. The molecule has 1 aromatic rings. The molecule has 6 heteroatoms. The minimum atomic E-state index is 0.0184. The Morgan fingerprint density at radius 2 is 2.05 bits per heavy atom. The van der Waals surface area contributed by atoms with Crippen molar-refractivity contribution in [3.8, 4) is 0 Å². The van der Waals surface area contributed by atoms with E-state index < -0.39 is 0 Å². The van der Waals surface area contributed by atoms with E-state index in [-0.39, 0.29) is 12.1 Å². The van der Waals surface area contributed by atoms with Crippen LogP contribution >= 0.6 is 0 Å². The lowest BCUT2D eigenvalue weighted by atomic mass is 10.2. The van der Waals surface area contributed by atoms with Crippen LogP contribution in [0.15, 0.2) is 11.3 Å². The van der Waals surface area contributed by atoms with Gasteiger partial charge < -0.3 is 4.57 Å². The first-order valence-corrected chi connectivity index (χ1v) is 7.39. The molecule has 2 aliphatic rings. The minimum Gasteiger partial charge on any atom is -0.326 e. The van der Waals surface area contributed by atoms with E-state index in [9.17, 15) is 4.79 Å². The highest BCUT2D eigenvalue weighted by atomic mass is 16.2. The van der Waals surface area contributed by atoms with Crippen molar-refractivity contribution in [1.82, 2.24) is 14.5 Å². The largest absolute Gasteiger partial charge is 0.331 e. The van der Waals surface area contributed by atoms with Crippen molar-refractivity contribution in [2.24, 2.45) is 4.99 Å². The molecular weight excluding hydrogens is 254 g/mol. The summed E-state index contributed by atoms with van der Waals surface area (Å²) in [5.74, 6) is 1.57. The van der Waals surface area contributed by atoms with Crippen molar-refractivity contribution in [3.63, 3.8) is 0 Å². The maximum absolute atomic E-state index is 12.7. The molecule has 0 saturated carbocycles. The lowest BCUT2D eigenvalue weighted by Crippen LogP contribution is -2.53. The molecular formula is C14H21N5O. The molecule has 0 fully saturated rings. The number of carbonyl (C=O) groups excluding carboxylic acids is 1. The molecule has 0 bridgehead atoms. The first kappa shape index (κ1) is 13.1. The number of anilines is 1. The standard InChI is InChI=1S/C14H21N5O/c1-4-6-17-9-16-12-11(17)13-15-8-10(3)19(13)14(20)18(12)7-5-2/h9-10H,4-8H2,1-3H3. The predicted molar refractivity (Wildman–Crippen MR) is 78.3 cm³/mol. The number of hydrogen-bond acceptors (Lipinski definition) is 3. The molecule has 1 atom stereocenters. The van der Waals surface area contributed by atoms with Crippen molar-refractivity contribution < 1.29 is 4.79 Å². The summed E-state index contributed by atoms with van der Waals surface area (Å²) in [6, 6.07) is 0.153. The maximum Gasteiger partial charge on any atom is 0.331 e. The SMILES string of the molecule is CCCN1C(=O)N2C(=NCC2C)c2c1ncn2CCC. The van der Waals surface area contributed by atoms with Crippen LogP contribution < -0.4 is 4.90 Å². The number of urea groups is 1. The molecule has 1 unspecified atom stereocenters. The Bertz CT molecular complexity index is 562. The zero-order valence-electron chi connectivity index (χ0n) is 12.3. The van der Waals surface area contributed by atoms with Gasteiger partial charge in [0.15, 0.2) is 11.7 Å². The third-order valence-electron chi connectivity index (χ3n) is 3.81. The molecule has 2 aliphatic heterocycles. The van der Waals surface area contributed by atoms with Gasteiger partial charge in [-0.3, -0.25) is 14.8 Å². The summed E-state index contributed by atoms with van der Waals surface area (Å²) in [6.07, 6.45) is 3.78. The number of fused-ring (bicyclic) bond motifs is 3. The van der Waals surface area contributed by atoms with Gasteiger partial charge >= 0.3 is 6.03 Å². The summed E-state index contributed by atoms with van der Waals surface area (Å²) < 4.78 is 2.12. The molecule has 0 N–H and O–H groups in total. The van der Waals surface area contributed by atoms with Gasteiger partial charge in [0.25, 0.3) is 0 Å². The molecule has 0 aromatic carbocycles. The number of aromatic nitrogens is 2. The van der Waals surface area contributed by atoms with Crippen LogP contribution in [0.2, 0.25) is 0 Å². The van der Waals surface area contributed by atoms with Gasteiger partial charge in [0, 0.05) is 13.1 Å². The predicted octanol–water partition coefficient (Wildman–Crippen LogP) is 2.09. The van der Waals surface area contributed by atoms with Crippen molar-refractivity contribution >= 4 is 17.7 Å². The van der Waals surface area contributed by atoms with Gasteiger partial charge in [-0.25, -0.2) is 9.78 Å². The average molecular weight is 275 g/mol. The van der Waals surface area contributed by atoms with Gasteiger partial charge in [0.05, 0.1) is 18.9 Å². The summed E-state index contributed by atoms with van der Waals surface area (Å²) in [4.78, 5) is 25.3. The van der Waals surface area contributed by atoms with E-state index >= 15 is 0 Å². The monoisotopic (exact) mass is 275 g/mol. The normalized spacial score (nSPS) is 21.1. The zero-order valence-corrected chi connectivity index (χ0v) is 12.3. The molecule has 0 spiro atoms. The van der Waals surface area contributed by atoms with Gasteiger partial charge in [-0.1, -0.05) is 13.8 Å². The van der Waals surface area contributed by atoms with Crippen LogP contribution in [0.4, 0.5) is 10.6 Å². The molecule has 108 valence electrons.